The van der Waals surface area contributed by atoms with Crippen molar-refractivity contribution < 1.29 is 4.79 Å². The van der Waals surface area contributed by atoms with E-state index >= 15 is 0 Å². The van der Waals surface area contributed by atoms with Crippen LogP contribution in [0, 0.1) is 0 Å². The molecule has 0 saturated carbocycles. The van der Waals surface area contributed by atoms with Gasteiger partial charge in [-0.2, -0.15) is 5.10 Å². The SMILES string of the molecule is O=C(NCCCCN1CCCC1)Nc1ccc2ncc(-c3cn[nH]c3)cc2n1. The number of pyridine rings is 2. The van der Waals surface area contributed by atoms with Crippen LogP contribution in [0.5, 0.6) is 0 Å². The number of nitrogens with zero attached hydrogens (tertiary/aromatic N) is 4. The van der Waals surface area contributed by atoms with E-state index in [4.69, 9.17) is 0 Å². The fourth-order valence-electron chi connectivity index (χ4n) is 3.47. The van der Waals surface area contributed by atoms with Crippen molar-refractivity contribution in [2.24, 2.45) is 0 Å². The van der Waals surface area contributed by atoms with Gasteiger partial charge in [0.2, 0.25) is 0 Å². The molecule has 28 heavy (non-hydrogen) atoms. The van der Waals surface area contributed by atoms with Crippen molar-refractivity contribution in [2.75, 3.05) is 31.5 Å². The summed E-state index contributed by atoms with van der Waals surface area (Å²) in [6, 6.07) is 5.33. The number of hydrogen-bond donors (Lipinski definition) is 3. The molecule has 3 N–H and O–H groups in total. The summed E-state index contributed by atoms with van der Waals surface area (Å²) in [7, 11) is 0. The average molecular weight is 379 g/mol. The first-order chi connectivity index (χ1) is 13.8. The van der Waals surface area contributed by atoms with E-state index in [2.05, 4.69) is 35.7 Å². The Morgan fingerprint density at radius 1 is 1.11 bits per heavy atom. The molecule has 2 amide bonds. The zero-order valence-corrected chi connectivity index (χ0v) is 15.8. The van der Waals surface area contributed by atoms with E-state index in [-0.39, 0.29) is 6.03 Å². The largest absolute Gasteiger partial charge is 0.338 e. The molecular weight excluding hydrogens is 354 g/mol. The Morgan fingerprint density at radius 2 is 2.00 bits per heavy atom. The zero-order chi connectivity index (χ0) is 19.2. The maximum absolute atomic E-state index is 12.1. The molecule has 1 saturated heterocycles. The highest BCUT2D eigenvalue weighted by atomic mass is 16.2. The molecule has 4 heterocycles. The maximum atomic E-state index is 12.1. The molecule has 0 atom stereocenters. The Hall–Kier alpha value is -3.00. The highest BCUT2D eigenvalue weighted by molar-refractivity contribution is 5.90. The van der Waals surface area contributed by atoms with Gasteiger partial charge in [0.1, 0.15) is 5.82 Å². The summed E-state index contributed by atoms with van der Waals surface area (Å²) in [6.07, 6.45) is 10.1. The average Bonchev–Trinajstić information content (AvgIpc) is 3.41. The van der Waals surface area contributed by atoms with Crippen molar-refractivity contribution in [3.05, 3.63) is 36.8 Å². The minimum absolute atomic E-state index is 0.230. The molecule has 0 bridgehead atoms. The van der Waals surface area contributed by atoms with Gasteiger partial charge in [0.05, 0.1) is 17.2 Å². The number of aromatic amines is 1. The number of aromatic nitrogens is 4. The van der Waals surface area contributed by atoms with Crippen molar-refractivity contribution in [3.63, 3.8) is 0 Å². The summed E-state index contributed by atoms with van der Waals surface area (Å²) in [5.74, 6) is 0.508. The summed E-state index contributed by atoms with van der Waals surface area (Å²) in [6.45, 7) is 4.23. The molecule has 8 nitrogen and oxygen atoms in total. The third-order valence-corrected chi connectivity index (χ3v) is 5.00. The van der Waals surface area contributed by atoms with E-state index in [1.165, 1.54) is 25.9 Å². The van der Waals surface area contributed by atoms with E-state index in [0.29, 0.717) is 12.4 Å². The van der Waals surface area contributed by atoms with Crippen LogP contribution < -0.4 is 10.6 Å². The number of carbonyl (C=O) groups is 1. The summed E-state index contributed by atoms with van der Waals surface area (Å²) >= 11 is 0. The van der Waals surface area contributed by atoms with Gasteiger partial charge >= 0.3 is 6.03 Å². The van der Waals surface area contributed by atoms with Crippen molar-refractivity contribution in [1.82, 2.24) is 30.4 Å². The minimum atomic E-state index is -0.230. The Labute approximate surface area is 163 Å². The van der Waals surface area contributed by atoms with Crippen LogP contribution in [0.25, 0.3) is 22.2 Å². The quantitative estimate of drug-likeness (QED) is 0.548. The number of hydrogen-bond acceptors (Lipinski definition) is 5. The van der Waals surface area contributed by atoms with Gasteiger partial charge in [-0.05, 0) is 63.5 Å². The molecule has 0 aliphatic carbocycles. The first-order valence-corrected chi connectivity index (χ1v) is 9.81. The van der Waals surface area contributed by atoms with Crippen molar-refractivity contribution in [1.29, 1.82) is 0 Å². The third kappa shape index (κ3) is 4.64. The lowest BCUT2D eigenvalue weighted by atomic mass is 10.1. The van der Waals surface area contributed by atoms with Gasteiger partial charge in [0.25, 0.3) is 0 Å². The van der Waals surface area contributed by atoms with Crippen molar-refractivity contribution in [2.45, 2.75) is 25.7 Å². The summed E-state index contributed by atoms with van der Waals surface area (Å²) in [5, 5.41) is 12.5. The van der Waals surface area contributed by atoms with Gasteiger partial charge < -0.3 is 10.2 Å². The van der Waals surface area contributed by atoms with Gasteiger partial charge in [0, 0.05) is 30.1 Å². The molecule has 1 fully saturated rings. The molecule has 0 spiro atoms. The van der Waals surface area contributed by atoms with E-state index in [0.717, 1.165) is 41.5 Å². The number of likely N-dealkylation sites (tertiary alicyclic amines) is 1. The molecular formula is C20H25N7O. The number of urea groups is 1. The van der Waals surface area contributed by atoms with Crippen LogP contribution in [-0.4, -0.2) is 57.3 Å². The molecule has 3 aromatic rings. The lowest BCUT2D eigenvalue weighted by Gasteiger charge is -2.14. The van der Waals surface area contributed by atoms with Crippen LogP contribution in [0.3, 0.4) is 0 Å². The Balaban J connectivity index is 1.29. The number of anilines is 1. The molecule has 146 valence electrons. The van der Waals surface area contributed by atoms with Crippen molar-refractivity contribution >= 4 is 22.9 Å². The Morgan fingerprint density at radius 3 is 2.82 bits per heavy atom. The maximum Gasteiger partial charge on any atom is 0.320 e. The highest BCUT2D eigenvalue weighted by Gasteiger charge is 2.10. The molecule has 0 unspecified atom stereocenters. The third-order valence-electron chi connectivity index (χ3n) is 5.00. The second-order valence-corrected chi connectivity index (χ2v) is 7.08. The number of nitrogens with one attached hydrogen (secondary N) is 3. The minimum Gasteiger partial charge on any atom is -0.338 e. The first-order valence-electron chi connectivity index (χ1n) is 9.81. The number of unbranched alkanes of at least 4 members (excludes halogenated alkanes) is 1. The fourth-order valence-corrected chi connectivity index (χ4v) is 3.47. The number of fused-ring (bicyclic) bond motifs is 1. The Bertz CT molecular complexity index is 919. The van der Waals surface area contributed by atoms with E-state index < -0.39 is 0 Å². The predicted octanol–water partition coefficient (Wildman–Crippen LogP) is 3.02. The molecule has 0 radical (unpaired) electrons. The predicted molar refractivity (Wildman–Crippen MR) is 109 cm³/mol. The standard InChI is InChI=1S/C20H25N7O/c28-20(21-7-1-2-8-27-9-3-4-10-27)26-19-6-5-17-18(25-19)11-15(12-22-17)16-13-23-24-14-16/h5-6,11-14H,1-4,7-10H2,(H,23,24)(H2,21,25,26,28). The van der Waals surface area contributed by atoms with Crippen LogP contribution in [0.2, 0.25) is 0 Å². The van der Waals surface area contributed by atoms with Gasteiger partial charge in [-0.3, -0.25) is 15.4 Å². The van der Waals surface area contributed by atoms with Gasteiger partial charge in [-0.15, -0.1) is 0 Å². The molecule has 3 aromatic heterocycles. The number of carbonyl (C=O) groups excluding carboxylic acids is 1. The zero-order valence-electron chi connectivity index (χ0n) is 15.8. The van der Waals surface area contributed by atoms with Gasteiger partial charge in [-0.1, -0.05) is 0 Å². The number of amides is 2. The molecule has 4 rings (SSSR count). The molecule has 1 aliphatic heterocycles. The second-order valence-electron chi connectivity index (χ2n) is 7.08. The van der Waals surface area contributed by atoms with Crippen LogP contribution in [0.15, 0.2) is 36.8 Å². The second kappa shape index (κ2) is 8.79. The van der Waals surface area contributed by atoms with Crippen molar-refractivity contribution in [3.8, 4) is 11.1 Å². The highest BCUT2D eigenvalue weighted by Crippen LogP contribution is 2.21. The number of rotatable bonds is 7. The molecule has 8 heteroatoms. The lowest BCUT2D eigenvalue weighted by molar-refractivity contribution is 0.251. The smallest absolute Gasteiger partial charge is 0.320 e. The van der Waals surface area contributed by atoms with E-state index in [9.17, 15) is 4.79 Å². The van der Waals surface area contributed by atoms with Crippen LogP contribution in [-0.2, 0) is 0 Å². The summed E-state index contributed by atoms with van der Waals surface area (Å²) in [4.78, 5) is 23.5. The van der Waals surface area contributed by atoms with Crippen LogP contribution in [0.4, 0.5) is 10.6 Å². The normalized spacial score (nSPS) is 14.4. The first kappa shape index (κ1) is 18.4. The van der Waals surface area contributed by atoms with E-state index in [1.54, 1.807) is 18.5 Å². The van der Waals surface area contributed by atoms with Gasteiger partial charge in [0.15, 0.2) is 0 Å². The van der Waals surface area contributed by atoms with Crippen LogP contribution >= 0.6 is 0 Å². The topological polar surface area (TPSA) is 98.8 Å². The summed E-state index contributed by atoms with van der Waals surface area (Å²) < 4.78 is 0. The molecule has 0 aromatic carbocycles. The lowest BCUT2D eigenvalue weighted by Crippen LogP contribution is -2.30. The van der Waals surface area contributed by atoms with Gasteiger partial charge in [-0.25, -0.2) is 9.78 Å². The Kier molecular flexibility index (Phi) is 5.77. The monoisotopic (exact) mass is 379 g/mol. The number of H-pyrrole nitrogens is 1. The fraction of sp³-hybridized carbons (Fsp3) is 0.400. The molecule has 1 aliphatic rings. The van der Waals surface area contributed by atoms with Crippen LogP contribution in [0.1, 0.15) is 25.7 Å². The summed E-state index contributed by atoms with van der Waals surface area (Å²) in [5.41, 5.74) is 3.37. The van der Waals surface area contributed by atoms with E-state index in [1.807, 2.05) is 18.3 Å².